The molecular weight excluding hydrogens is 252 g/mol. The smallest absolute Gasteiger partial charge is 0.164 e. The molecule has 19 heavy (non-hydrogen) atoms. The average Bonchev–Trinajstić information content (AvgIpc) is 2.39. The van der Waals surface area contributed by atoms with Gasteiger partial charge in [-0.05, 0) is 26.5 Å². The normalized spacial score (nSPS) is 14.7. The quantitative estimate of drug-likeness (QED) is 0.828. The van der Waals surface area contributed by atoms with Crippen LogP contribution in [0.15, 0.2) is 18.2 Å². The minimum absolute atomic E-state index is 0.00722. The van der Waals surface area contributed by atoms with Crippen molar-refractivity contribution in [3.63, 3.8) is 0 Å². The summed E-state index contributed by atoms with van der Waals surface area (Å²) in [6, 6.07) is 4.04. The summed E-state index contributed by atoms with van der Waals surface area (Å²) in [5.74, 6) is -1.90. The molecule has 2 unspecified atom stereocenters. The number of nitrogens with zero attached hydrogens (tertiary/aromatic N) is 1. The number of likely N-dealkylation sites (N-methyl/N-ethyl adjacent to an activating group) is 1. The van der Waals surface area contributed by atoms with Crippen LogP contribution in [0.2, 0.25) is 0 Å². The second kappa shape index (κ2) is 7.53. The van der Waals surface area contributed by atoms with E-state index in [2.05, 4.69) is 0 Å². The van der Waals surface area contributed by atoms with Gasteiger partial charge < -0.3 is 14.7 Å². The van der Waals surface area contributed by atoms with E-state index >= 15 is 0 Å². The first-order chi connectivity index (χ1) is 8.97. The van der Waals surface area contributed by atoms with E-state index < -0.39 is 17.7 Å². The first kappa shape index (κ1) is 16.0. The molecule has 5 heteroatoms. The number of halogens is 2. The number of hydrogen-bond acceptors (Lipinski definition) is 3. The summed E-state index contributed by atoms with van der Waals surface area (Å²) in [5.41, 5.74) is 0.00722. The minimum Gasteiger partial charge on any atom is -0.388 e. The van der Waals surface area contributed by atoms with Crippen LogP contribution in [0.4, 0.5) is 8.78 Å². The largest absolute Gasteiger partial charge is 0.388 e. The Morgan fingerprint density at radius 2 is 2.05 bits per heavy atom. The van der Waals surface area contributed by atoms with E-state index in [1.807, 2.05) is 18.9 Å². The Labute approximate surface area is 112 Å². The van der Waals surface area contributed by atoms with Crippen molar-refractivity contribution < 1.29 is 18.6 Å². The maximum absolute atomic E-state index is 13.5. The Morgan fingerprint density at radius 1 is 1.37 bits per heavy atom. The number of ether oxygens (including phenoxy) is 1. The molecule has 0 saturated carbocycles. The number of benzene rings is 1. The summed E-state index contributed by atoms with van der Waals surface area (Å²) >= 11 is 0. The Balaban J connectivity index is 2.55. The fourth-order valence-corrected chi connectivity index (χ4v) is 1.85. The summed E-state index contributed by atoms with van der Waals surface area (Å²) < 4.78 is 31.6. The highest BCUT2D eigenvalue weighted by molar-refractivity contribution is 5.21. The molecule has 0 bridgehead atoms. The number of methoxy groups -OCH3 is 1. The molecule has 0 amide bonds. The Kier molecular flexibility index (Phi) is 6.34. The molecule has 108 valence electrons. The van der Waals surface area contributed by atoms with Crippen LogP contribution in [0.25, 0.3) is 0 Å². The lowest BCUT2D eigenvalue weighted by molar-refractivity contribution is 0.0948. The second-order valence-electron chi connectivity index (χ2n) is 4.73. The Hall–Kier alpha value is -1.04. The topological polar surface area (TPSA) is 32.7 Å². The molecule has 0 aliphatic carbocycles. The molecule has 0 radical (unpaired) electrons. The molecule has 1 N–H and O–H groups in total. The number of aliphatic hydroxyl groups is 1. The van der Waals surface area contributed by atoms with Gasteiger partial charge in [0.2, 0.25) is 0 Å². The molecule has 3 nitrogen and oxygen atoms in total. The van der Waals surface area contributed by atoms with Gasteiger partial charge in [0.1, 0.15) is 0 Å². The van der Waals surface area contributed by atoms with Crippen LogP contribution in [0.5, 0.6) is 0 Å². The maximum Gasteiger partial charge on any atom is 0.164 e. The third kappa shape index (κ3) is 4.53. The minimum atomic E-state index is -1.01. The van der Waals surface area contributed by atoms with Crippen molar-refractivity contribution in [1.29, 1.82) is 0 Å². The third-order valence-corrected chi connectivity index (χ3v) is 3.26. The van der Waals surface area contributed by atoms with Gasteiger partial charge in [0.25, 0.3) is 0 Å². The zero-order valence-electron chi connectivity index (χ0n) is 11.6. The zero-order chi connectivity index (χ0) is 14.4. The van der Waals surface area contributed by atoms with E-state index in [0.717, 1.165) is 6.07 Å². The summed E-state index contributed by atoms with van der Waals surface area (Å²) in [6.07, 6.45) is -0.668. The van der Waals surface area contributed by atoms with Gasteiger partial charge in [-0.1, -0.05) is 12.1 Å². The predicted octanol–water partition coefficient (Wildman–Crippen LogP) is 2.36. The highest BCUT2D eigenvalue weighted by Crippen LogP contribution is 2.22. The fourth-order valence-electron chi connectivity index (χ4n) is 1.85. The summed E-state index contributed by atoms with van der Waals surface area (Å²) in [5, 5.41) is 9.92. The molecule has 0 aliphatic heterocycles. The van der Waals surface area contributed by atoms with E-state index in [-0.39, 0.29) is 11.6 Å². The highest BCUT2D eigenvalue weighted by atomic mass is 19.2. The van der Waals surface area contributed by atoms with Gasteiger partial charge in [0, 0.05) is 25.3 Å². The summed E-state index contributed by atoms with van der Waals surface area (Å²) in [4.78, 5) is 2.00. The van der Waals surface area contributed by atoms with Crippen molar-refractivity contribution in [3.05, 3.63) is 35.4 Å². The van der Waals surface area contributed by atoms with Gasteiger partial charge in [-0.25, -0.2) is 8.78 Å². The van der Waals surface area contributed by atoms with E-state index in [4.69, 9.17) is 4.74 Å². The Morgan fingerprint density at radius 3 is 2.68 bits per heavy atom. The van der Waals surface area contributed by atoms with Gasteiger partial charge in [0.05, 0.1) is 12.7 Å². The van der Waals surface area contributed by atoms with Crippen molar-refractivity contribution in [1.82, 2.24) is 4.90 Å². The maximum atomic E-state index is 13.5. The number of rotatable bonds is 7. The van der Waals surface area contributed by atoms with Gasteiger partial charge in [-0.3, -0.25) is 0 Å². The van der Waals surface area contributed by atoms with Gasteiger partial charge in [-0.2, -0.15) is 0 Å². The van der Waals surface area contributed by atoms with Crippen LogP contribution in [0.3, 0.4) is 0 Å². The molecule has 2 atom stereocenters. The van der Waals surface area contributed by atoms with Crippen LogP contribution < -0.4 is 0 Å². The SMILES string of the molecule is COCC(C)N(C)CCC(O)c1cccc(F)c1F. The molecule has 0 spiro atoms. The molecule has 1 rings (SSSR count). The lowest BCUT2D eigenvalue weighted by atomic mass is 10.1. The number of aliphatic hydroxyl groups excluding tert-OH is 1. The van der Waals surface area contributed by atoms with Crippen LogP contribution >= 0.6 is 0 Å². The van der Waals surface area contributed by atoms with E-state index in [1.54, 1.807) is 7.11 Å². The molecule has 0 fully saturated rings. The van der Waals surface area contributed by atoms with Crippen LogP contribution in [0.1, 0.15) is 25.0 Å². The lowest BCUT2D eigenvalue weighted by Gasteiger charge is -2.25. The monoisotopic (exact) mass is 273 g/mol. The Bertz CT molecular complexity index is 401. The van der Waals surface area contributed by atoms with Gasteiger partial charge >= 0.3 is 0 Å². The fraction of sp³-hybridized carbons (Fsp3) is 0.571. The second-order valence-corrected chi connectivity index (χ2v) is 4.73. The molecule has 0 aliphatic rings. The number of hydrogen-bond donors (Lipinski definition) is 1. The third-order valence-electron chi connectivity index (χ3n) is 3.26. The van der Waals surface area contributed by atoms with E-state index in [1.165, 1.54) is 12.1 Å². The van der Waals surface area contributed by atoms with Crippen molar-refractivity contribution in [2.75, 3.05) is 27.3 Å². The van der Waals surface area contributed by atoms with Crippen LogP contribution in [-0.2, 0) is 4.74 Å². The van der Waals surface area contributed by atoms with Crippen molar-refractivity contribution >= 4 is 0 Å². The predicted molar refractivity (Wildman–Crippen MR) is 69.9 cm³/mol. The highest BCUT2D eigenvalue weighted by Gasteiger charge is 2.17. The standard InChI is InChI=1S/C14H21F2NO2/c1-10(9-19-3)17(2)8-7-13(18)11-5-4-6-12(15)14(11)16/h4-6,10,13,18H,7-9H2,1-3H3. The van der Waals surface area contributed by atoms with Crippen molar-refractivity contribution in [2.45, 2.75) is 25.5 Å². The molecule has 0 aromatic heterocycles. The first-order valence-electron chi connectivity index (χ1n) is 6.28. The van der Waals surface area contributed by atoms with E-state index in [9.17, 15) is 13.9 Å². The van der Waals surface area contributed by atoms with Crippen molar-refractivity contribution in [3.8, 4) is 0 Å². The van der Waals surface area contributed by atoms with Crippen LogP contribution in [0, 0.1) is 11.6 Å². The van der Waals surface area contributed by atoms with Crippen molar-refractivity contribution in [2.24, 2.45) is 0 Å². The molecule has 1 aromatic carbocycles. The molecule has 0 heterocycles. The van der Waals surface area contributed by atoms with Crippen LogP contribution in [-0.4, -0.2) is 43.4 Å². The van der Waals surface area contributed by atoms with Gasteiger partial charge in [-0.15, -0.1) is 0 Å². The zero-order valence-corrected chi connectivity index (χ0v) is 11.6. The summed E-state index contributed by atoms with van der Waals surface area (Å²) in [6.45, 7) is 3.15. The molecule has 0 saturated heterocycles. The first-order valence-corrected chi connectivity index (χ1v) is 6.28. The molecule has 1 aromatic rings. The lowest BCUT2D eigenvalue weighted by Crippen LogP contribution is -2.34. The van der Waals surface area contributed by atoms with E-state index in [0.29, 0.717) is 19.6 Å². The summed E-state index contributed by atoms with van der Waals surface area (Å²) in [7, 11) is 3.53. The molecular formula is C14H21F2NO2. The van der Waals surface area contributed by atoms with Gasteiger partial charge in [0.15, 0.2) is 11.6 Å². The average molecular weight is 273 g/mol.